The second kappa shape index (κ2) is 6.64. The first-order valence-corrected chi connectivity index (χ1v) is 10.4. The highest BCUT2D eigenvalue weighted by molar-refractivity contribution is 5.83. The van der Waals surface area contributed by atoms with E-state index in [1.165, 1.54) is 27.6 Å². The van der Waals surface area contributed by atoms with E-state index in [1.54, 1.807) is 0 Å². The summed E-state index contributed by atoms with van der Waals surface area (Å²) in [5.74, 6) is 0.384. The third-order valence-electron chi connectivity index (χ3n) is 7.19. The molecule has 3 atom stereocenters. The molecule has 0 radical (unpaired) electrons. The summed E-state index contributed by atoms with van der Waals surface area (Å²) in [6, 6.07) is 15.4. The van der Waals surface area contributed by atoms with Gasteiger partial charge in [0.15, 0.2) is 0 Å². The molecule has 146 valence electrons. The lowest BCUT2D eigenvalue weighted by molar-refractivity contribution is 0.0663. The number of rotatable bonds is 4. The maximum atomic E-state index is 10.1. The molecule has 4 heteroatoms. The fraction of sp³-hybridized carbons (Fsp3) is 0.417. The highest BCUT2D eigenvalue weighted by Crippen LogP contribution is 2.45. The van der Waals surface area contributed by atoms with E-state index < -0.39 is 0 Å². The maximum Gasteiger partial charge on any atom is 0.115 e. The van der Waals surface area contributed by atoms with Crippen molar-refractivity contribution >= 4 is 10.9 Å². The van der Waals surface area contributed by atoms with E-state index in [-0.39, 0.29) is 5.41 Å². The Kier molecular flexibility index (Phi) is 4.22. The van der Waals surface area contributed by atoms with Crippen molar-refractivity contribution < 1.29 is 5.11 Å². The number of nitrogens with zero attached hydrogens (tertiary/aromatic N) is 1. The first kappa shape index (κ1) is 17.8. The van der Waals surface area contributed by atoms with Crippen LogP contribution in [0, 0.1) is 0 Å². The van der Waals surface area contributed by atoms with Crippen molar-refractivity contribution in [2.24, 2.45) is 0 Å². The molecule has 1 saturated heterocycles. The number of hydrogen-bond acceptors (Lipinski definition) is 3. The molecule has 1 aliphatic heterocycles. The van der Waals surface area contributed by atoms with Crippen LogP contribution in [0.5, 0.6) is 5.75 Å². The minimum absolute atomic E-state index is 0.0592. The Morgan fingerprint density at radius 3 is 3.00 bits per heavy atom. The van der Waals surface area contributed by atoms with Gasteiger partial charge in [0.05, 0.1) is 0 Å². The Hall–Kier alpha value is -2.30. The predicted molar refractivity (Wildman–Crippen MR) is 114 cm³/mol. The quantitative estimate of drug-likeness (QED) is 0.653. The highest BCUT2D eigenvalue weighted by atomic mass is 16.3. The Morgan fingerprint density at radius 1 is 1.25 bits per heavy atom. The zero-order valence-corrected chi connectivity index (χ0v) is 16.7. The number of phenols is 1. The SMILES string of the molecule is CN1CCC2(C)c3cc(O)ccc3C[C@@H]1[C@H]2NCCc1c[nH]c2ccccc12. The number of nitrogens with one attached hydrogen (secondary N) is 2. The third-order valence-corrected chi connectivity index (χ3v) is 7.19. The van der Waals surface area contributed by atoms with E-state index >= 15 is 0 Å². The van der Waals surface area contributed by atoms with Crippen LogP contribution >= 0.6 is 0 Å². The van der Waals surface area contributed by atoms with E-state index in [0.717, 1.165) is 32.4 Å². The number of H-pyrrole nitrogens is 1. The summed E-state index contributed by atoms with van der Waals surface area (Å²) in [5, 5.41) is 15.4. The number of hydrogen-bond donors (Lipinski definition) is 3. The Bertz CT molecular complexity index is 1010. The average Bonchev–Trinajstić information content (AvgIpc) is 3.10. The molecule has 2 aliphatic rings. The van der Waals surface area contributed by atoms with Crippen LogP contribution in [0.3, 0.4) is 0 Å². The van der Waals surface area contributed by atoms with Crippen molar-refractivity contribution in [3.63, 3.8) is 0 Å². The van der Waals surface area contributed by atoms with Gasteiger partial charge in [0.1, 0.15) is 5.75 Å². The summed E-state index contributed by atoms with van der Waals surface area (Å²) >= 11 is 0. The molecule has 1 aliphatic carbocycles. The summed E-state index contributed by atoms with van der Waals surface area (Å²) in [6.07, 6.45) is 5.32. The predicted octanol–water partition coefficient (Wildman–Crippen LogP) is 3.59. The van der Waals surface area contributed by atoms with E-state index in [9.17, 15) is 5.11 Å². The number of aromatic amines is 1. The molecule has 1 aromatic heterocycles. The van der Waals surface area contributed by atoms with Crippen LogP contribution in [-0.2, 0) is 18.3 Å². The van der Waals surface area contributed by atoms with E-state index in [1.807, 2.05) is 12.1 Å². The lowest BCUT2D eigenvalue weighted by Gasteiger charge is -2.55. The van der Waals surface area contributed by atoms with Gasteiger partial charge in [-0.2, -0.15) is 0 Å². The van der Waals surface area contributed by atoms with Crippen LogP contribution in [-0.4, -0.2) is 47.2 Å². The summed E-state index contributed by atoms with van der Waals surface area (Å²) < 4.78 is 0. The van der Waals surface area contributed by atoms with E-state index in [4.69, 9.17) is 0 Å². The molecule has 0 amide bonds. The maximum absolute atomic E-state index is 10.1. The van der Waals surface area contributed by atoms with Crippen molar-refractivity contribution in [2.75, 3.05) is 20.1 Å². The topological polar surface area (TPSA) is 51.3 Å². The van der Waals surface area contributed by atoms with Gasteiger partial charge in [-0.15, -0.1) is 0 Å². The molecule has 2 heterocycles. The molecule has 0 spiro atoms. The number of para-hydroxylation sites is 1. The minimum atomic E-state index is 0.0592. The molecule has 2 bridgehead atoms. The molecule has 3 aromatic rings. The summed E-state index contributed by atoms with van der Waals surface area (Å²) in [7, 11) is 2.25. The first-order valence-electron chi connectivity index (χ1n) is 10.4. The molecule has 1 fully saturated rings. The zero-order valence-electron chi connectivity index (χ0n) is 16.7. The number of aromatic hydroxyl groups is 1. The molecule has 0 saturated carbocycles. The van der Waals surface area contributed by atoms with Crippen LogP contribution in [0.1, 0.15) is 30.0 Å². The van der Waals surface area contributed by atoms with Crippen LogP contribution in [0.25, 0.3) is 10.9 Å². The molecular formula is C24H29N3O. The molecule has 5 rings (SSSR count). The van der Waals surface area contributed by atoms with Crippen LogP contribution in [0.15, 0.2) is 48.7 Å². The first-order chi connectivity index (χ1) is 13.6. The van der Waals surface area contributed by atoms with Gasteiger partial charge < -0.3 is 20.3 Å². The van der Waals surface area contributed by atoms with E-state index in [2.05, 4.69) is 65.7 Å². The number of likely N-dealkylation sites (tertiary alicyclic amines) is 1. The fourth-order valence-electron chi connectivity index (χ4n) is 5.55. The number of phenolic OH excluding ortho intramolecular Hbond substituents is 1. The fourth-order valence-corrected chi connectivity index (χ4v) is 5.55. The Balaban J connectivity index is 1.39. The van der Waals surface area contributed by atoms with Gasteiger partial charge in [0.2, 0.25) is 0 Å². The summed E-state index contributed by atoms with van der Waals surface area (Å²) in [5.41, 5.74) is 5.38. The standard InChI is InChI=1S/C24H29N3O/c1-24-10-12-27(2)22(13-16-7-8-18(28)14-20(16)24)23(24)25-11-9-17-15-26-21-6-4-3-5-19(17)21/h3-8,14-15,22-23,25-26,28H,9-13H2,1-2H3/t22-,23-,24?/m1/s1. The summed E-state index contributed by atoms with van der Waals surface area (Å²) in [4.78, 5) is 5.90. The number of likely N-dealkylation sites (N-methyl/N-ethyl adjacent to an activating group) is 1. The van der Waals surface area contributed by atoms with Gasteiger partial charge in [-0.1, -0.05) is 31.2 Å². The van der Waals surface area contributed by atoms with Crippen LogP contribution in [0.2, 0.25) is 0 Å². The Morgan fingerprint density at radius 2 is 2.11 bits per heavy atom. The lowest BCUT2D eigenvalue weighted by Crippen LogP contribution is -2.66. The van der Waals surface area contributed by atoms with Gasteiger partial charge >= 0.3 is 0 Å². The second-order valence-corrected chi connectivity index (χ2v) is 8.80. The lowest BCUT2D eigenvalue weighted by atomic mass is 9.61. The molecule has 4 nitrogen and oxygen atoms in total. The smallest absolute Gasteiger partial charge is 0.115 e. The Labute approximate surface area is 166 Å². The van der Waals surface area contributed by atoms with Crippen LogP contribution < -0.4 is 5.32 Å². The average molecular weight is 376 g/mol. The highest BCUT2D eigenvalue weighted by Gasteiger charge is 2.49. The molecular weight excluding hydrogens is 346 g/mol. The van der Waals surface area contributed by atoms with Crippen molar-refractivity contribution in [1.82, 2.24) is 15.2 Å². The third kappa shape index (κ3) is 2.75. The number of fused-ring (bicyclic) bond motifs is 5. The van der Waals surface area contributed by atoms with Crippen LogP contribution in [0.4, 0.5) is 0 Å². The zero-order chi connectivity index (χ0) is 19.3. The number of benzene rings is 2. The van der Waals surface area contributed by atoms with Crippen molar-refractivity contribution in [3.8, 4) is 5.75 Å². The van der Waals surface area contributed by atoms with Crippen molar-refractivity contribution in [1.29, 1.82) is 0 Å². The monoisotopic (exact) mass is 375 g/mol. The summed E-state index contributed by atoms with van der Waals surface area (Å²) in [6.45, 7) is 4.45. The normalized spacial score (nSPS) is 27.1. The molecule has 2 aromatic carbocycles. The van der Waals surface area contributed by atoms with Gasteiger partial charge in [0.25, 0.3) is 0 Å². The molecule has 1 unspecified atom stereocenters. The van der Waals surface area contributed by atoms with Gasteiger partial charge in [-0.3, -0.25) is 0 Å². The van der Waals surface area contributed by atoms with Gasteiger partial charge in [-0.25, -0.2) is 0 Å². The number of piperidine rings is 1. The minimum Gasteiger partial charge on any atom is -0.508 e. The van der Waals surface area contributed by atoms with Gasteiger partial charge in [-0.05, 0) is 74.3 Å². The van der Waals surface area contributed by atoms with Gasteiger partial charge in [0, 0.05) is 34.6 Å². The second-order valence-electron chi connectivity index (χ2n) is 8.80. The largest absolute Gasteiger partial charge is 0.508 e. The van der Waals surface area contributed by atoms with Crippen molar-refractivity contribution in [3.05, 3.63) is 65.4 Å². The molecule has 28 heavy (non-hydrogen) atoms. The number of aromatic nitrogens is 1. The molecule has 3 N–H and O–H groups in total. The van der Waals surface area contributed by atoms with E-state index in [0.29, 0.717) is 17.8 Å². The van der Waals surface area contributed by atoms with Crippen molar-refractivity contribution in [2.45, 2.75) is 43.7 Å².